The smallest absolute Gasteiger partial charge is 0.273 e. The first-order chi connectivity index (χ1) is 15.2. The molecule has 1 atom stereocenters. The standard InChI is InChI=1S/C23H16ClN3O3S/c24-15-6-4-14(5-7-15)20-19-21(26-25-20)23(28)27(22(19)18-2-1-9-31-18)11-13-3-8-16-17(10-13)30-12-29-16/h1-10,22H,11-12H2,(H,25,26). The van der Waals surface area contributed by atoms with Gasteiger partial charge in [0.25, 0.3) is 5.91 Å². The molecule has 0 radical (unpaired) electrons. The zero-order chi connectivity index (χ0) is 20.9. The van der Waals surface area contributed by atoms with Crippen LogP contribution < -0.4 is 9.47 Å². The van der Waals surface area contributed by atoms with Crippen molar-refractivity contribution in [3.63, 3.8) is 0 Å². The lowest BCUT2D eigenvalue weighted by molar-refractivity contribution is 0.0732. The maximum Gasteiger partial charge on any atom is 0.273 e. The van der Waals surface area contributed by atoms with Crippen molar-refractivity contribution in [2.75, 3.05) is 6.79 Å². The number of hydrogen-bond donors (Lipinski definition) is 1. The molecule has 2 aliphatic heterocycles. The monoisotopic (exact) mass is 449 g/mol. The highest BCUT2D eigenvalue weighted by Gasteiger charge is 2.42. The normalized spacial score (nSPS) is 16.7. The van der Waals surface area contributed by atoms with Gasteiger partial charge in [0, 0.05) is 27.6 Å². The lowest BCUT2D eigenvalue weighted by Crippen LogP contribution is -2.28. The quantitative estimate of drug-likeness (QED) is 0.461. The number of aromatic nitrogens is 2. The van der Waals surface area contributed by atoms with E-state index in [4.69, 9.17) is 21.1 Å². The second-order valence-corrected chi connectivity index (χ2v) is 8.82. The number of nitrogens with zero attached hydrogens (tertiary/aromatic N) is 2. The number of nitrogens with one attached hydrogen (secondary N) is 1. The van der Waals surface area contributed by atoms with Gasteiger partial charge < -0.3 is 14.4 Å². The van der Waals surface area contributed by atoms with Crippen molar-refractivity contribution in [1.29, 1.82) is 0 Å². The van der Waals surface area contributed by atoms with Gasteiger partial charge in [0.1, 0.15) is 5.69 Å². The maximum absolute atomic E-state index is 13.4. The molecule has 0 bridgehead atoms. The van der Waals surface area contributed by atoms with Gasteiger partial charge in [-0.25, -0.2) is 0 Å². The largest absolute Gasteiger partial charge is 0.454 e. The molecule has 0 saturated heterocycles. The number of carbonyl (C=O) groups excluding carboxylic acids is 1. The van der Waals surface area contributed by atoms with Crippen LogP contribution in [0.3, 0.4) is 0 Å². The van der Waals surface area contributed by atoms with E-state index in [9.17, 15) is 4.79 Å². The zero-order valence-electron chi connectivity index (χ0n) is 16.2. The predicted molar refractivity (Wildman–Crippen MR) is 118 cm³/mol. The van der Waals surface area contributed by atoms with Crippen LogP contribution in [0.1, 0.15) is 32.5 Å². The first-order valence-electron chi connectivity index (χ1n) is 9.76. The molecule has 6 nitrogen and oxygen atoms in total. The van der Waals surface area contributed by atoms with Crippen molar-refractivity contribution in [2.45, 2.75) is 12.6 Å². The van der Waals surface area contributed by atoms with E-state index in [2.05, 4.69) is 16.3 Å². The molecule has 4 aromatic rings. The summed E-state index contributed by atoms with van der Waals surface area (Å²) in [4.78, 5) is 16.4. The van der Waals surface area contributed by atoms with Crippen LogP contribution in [-0.2, 0) is 6.54 Å². The van der Waals surface area contributed by atoms with Crippen molar-refractivity contribution in [2.24, 2.45) is 0 Å². The molecule has 6 rings (SSSR count). The number of thiophene rings is 1. The molecule has 1 amide bonds. The number of fused-ring (bicyclic) bond motifs is 2. The summed E-state index contributed by atoms with van der Waals surface area (Å²) in [5.41, 5.74) is 4.10. The van der Waals surface area contributed by atoms with Crippen LogP contribution in [0.5, 0.6) is 11.5 Å². The fourth-order valence-corrected chi connectivity index (χ4v) is 5.14. The second-order valence-electron chi connectivity index (χ2n) is 7.41. The second kappa shape index (κ2) is 7.14. The minimum absolute atomic E-state index is 0.0706. The summed E-state index contributed by atoms with van der Waals surface area (Å²) >= 11 is 7.70. The Kier molecular flexibility index (Phi) is 4.26. The molecular formula is C23H16ClN3O3S. The Balaban J connectivity index is 1.43. The SMILES string of the molecule is O=C1c2[nH]nc(-c3ccc(Cl)cc3)c2C(c2cccs2)N1Cc1ccc2c(c1)OCO2. The average molecular weight is 450 g/mol. The van der Waals surface area contributed by atoms with Crippen molar-refractivity contribution in [3.05, 3.63) is 86.7 Å². The number of halogens is 1. The van der Waals surface area contributed by atoms with Gasteiger partial charge in [-0.05, 0) is 41.3 Å². The van der Waals surface area contributed by atoms with Gasteiger partial charge in [0.2, 0.25) is 6.79 Å². The first-order valence-corrected chi connectivity index (χ1v) is 11.0. The Hall–Kier alpha value is -3.29. The Morgan fingerprint density at radius 1 is 1.13 bits per heavy atom. The third-order valence-corrected chi connectivity index (χ3v) is 6.76. The Labute approximate surface area is 187 Å². The van der Waals surface area contributed by atoms with Gasteiger partial charge in [0.05, 0.1) is 11.7 Å². The third-order valence-electron chi connectivity index (χ3n) is 5.58. The van der Waals surface area contributed by atoms with Crippen molar-refractivity contribution in [1.82, 2.24) is 15.1 Å². The Morgan fingerprint density at radius 3 is 2.77 bits per heavy atom. The van der Waals surface area contributed by atoms with E-state index in [1.165, 1.54) is 0 Å². The fraction of sp³-hybridized carbons (Fsp3) is 0.130. The van der Waals surface area contributed by atoms with E-state index in [0.29, 0.717) is 23.0 Å². The molecule has 8 heteroatoms. The summed E-state index contributed by atoms with van der Waals surface area (Å²) in [5.74, 6) is 1.36. The fourth-order valence-electron chi connectivity index (χ4n) is 4.17. The van der Waals surface area contributed by atoms with Crippen LogP contribution in [-0.4, -0.2) is 27.8 Å². The van der Waals surface area contributed by atoms with Crippen LogP contribution >= 0.6 is 22.9 Å². The molecule has 2 aromatic heterocycles. The predicted octanol–water partition coefficient (Wildman–Crippen LogP) is 5.27. The third kappa shape index (κ3) is 3.00. The topological polar surface area (TPSA) is 67.5 Å². The van der Waals surface area contributed by atoms with Crippen LogP contribution in [0.25, 0.3) is 11.3 Å². The first kappa shape index (κ1) is 18.5. The minimum Gasteiger partial charge on any atom is -0.454 e. The molecular weight excluding hydrogens is 434 g/mol. The molecule has 2 aliphatic rings. The van der Waals surface area contributed by atoms with E-state index < -0.39 is 0 Å². The molecule has 0 fully saturated rings. The number of rotatable bonds is 4. The summed E-state index contributed by atoms with van der Waals surface area (Å²) in [5, 5.41) is 10.2. The number of hydrogen-bond acceptors (Lipinski definition) is 5. The molecule has 1 N–H and O–H groups in total. The number of H-pyrrole nitrogens is 1. The van der Waals surface area contributed by atoms with E-state index >= 15 is 0 Å². The van der Waals surface area contributed by atoms with Gasteiger partial charge in [-0.15, -0.1) is 11.3 Å². The van der Waals surface area contributed by atoms with E-state index in [0.717, 1.165) is 33.0 Å². The van der Waals surface area contributed by atoms with Crippen molar-refractivity contribution >= 4 is 28.8 Å². The lowest BCUT2D eigenvalue weighted by Gasteiger charge is -2.25. The number of aromatic amines is 1. The Morgan fingerprint density at radius 2 is 1.97 bits per heavy atom. The highest BCUT2D eigenvalue weighted by Crippen LogP contribution is 2.45. The number of ether oxygens (including phenoxy) is 2. The Bertz CT molecular complexity index is 1280. The molecule has 0 saturated carbocycles. The molecule has 0 spiro atoms. The minimum atomic E-state index is -0.225. The average Bonchev–Trinajstić information content (AvgIpc) is 3.56. The molecule has 154 valence electrons. The lowest BCUT2D eigenvalue weighted by atomic mass is 10.0. The summed E-state index contributed by atoms with van der Waals surface area (Å²) < 4.78 is 10.9. The number of amides is 1. The maximum atomic E-state index is 13.4. The van der Waals surface area contributed by atoms with Gasteiger partial charge >= 0.3 is 0 Å². The van der Waals surface area contributed by atoms with Crippen LogP contribution in [0.2, 0.25) is 5.02 Å². The molecule has 1 unspecified atom stereocenters. The van der Waals surface area contributed by atoms with Crippen molar-refractivity contribution in [3.8, 4) is 22.8 Å². The molecule has 4 heterocycles. The summed E-state index contributed by atoms with van der Waals surface area (Å²) in [6.07, 6.45) is 0. The van der Waals surface area contributed by atoms with Crippen LogP contribution in [0, 0.1) is 0 Å². The molecule has 31 heavy (non-hydrogen) atoms. The highest BCUT2D eigenvalue weighted by molar-refractivity contribution is 7.10. The highest BCUT2D eigenvalue weighted by atomic mass is 35.5. The molecule has 2 aromatic carbocycles. The van der Waals surface area contributed by atoms with Gasteiger partial charge in [0.15, 0.2) is 11.5 Å². The molecule has 0 aliphatic carbocycles. The zero-order valence-corrected chi connectivity index (χ0v) is 17.7. The van der Waals surface area contributed by atoms with Gasteiger partial charge in [-0.3, -0.25) is 9.89 Å². The van der Waals surface area contributed by atoms with E-state index in [1.54, 1.807) is 11.3 Å². The number of carbonyl (C=O) groups is 1. The van der Waals surface area contributed by atoms with Crippen LogP contribution in [0.15, 0.2) is 60.0 Å². The van der Waals surface area contributed by atoms with E-state index in [1.807, 2.05) is 58.8 Å². The van der Waals surface area contributed by atoms with Crippen molar-refractivity contribution < 1.29 is 14.3 Å². The van der Waals surface area contributed by atoms with Crippen LogP contribution in [0.4, 0.5) is 0 Å². The van der Waals surface area contributed by atoms with Gasteiger partial charge in [-0.1, -0.05) is 35.9 Å². The van der Waals surface area contributed by atoms with Gasteiger partial charge in [-0.2, -0.15) is 5.10 Å². The van der Waals surface area contributed by atoms with E-state index in [-0.39, 0.29) is 18.7 Å². The summed E-state index contributed by atoms with van der Waals surface area (Å²) in [6.45, 7) is 0.667. The number of benzene rings is 2. The summed E-state index contributed by atoms with van der Waals surface area (Å²) in [6, 6.07) is 17.1. The summed E-state index contributed by atoms with van der Waals surface area (Å²) in [7, 11) is 0.